The summed E-state index contributed by atoms with van der Waals surface area (Å²) in [5.74, 6) is -0.184. The molecule has 0 saturated carbocycles. The summed E-state index contributed by atoms with van der Waals surface area (Å²) in [5.41, 5.74) is 9.09. The standard InChI is InChI=1S/C19H15N9O5/c1-32-14-7-3-5-12(9-14)16-15(22-26-27(16)18-17(20)24-33-25-18)19(29)23-21-10-11-4-2-6-13(8-11)28(30)31/h2-10H,1H3,(H2,20,24)(H,23,29). The number of methoxy groups -OCH3 is 1. The maximum absolute atomic E-state index is 12.9. The molecule has 0 bridgehead atoms. The number of rotatable bonds is 7. The maximum atomic E-state index is 12.9. The van der Waals surface area contributed by atoms with Crippen molar-refractivity contribution < 1.29 is 19.1 Å². The van der Waals surface area contributed by atoms with Crippen LogP contribution in [0.1, 0.15) is 16.1 Å². The van der Waals surface area contributed by atoms with E-state index in [1.807, 2.05) is 0 Å². The van der Waals surface area contributed by atoms with Crippen LogP contribution in [0.5, 0.6) is 5.75 Å². The van der Waals surface area contributed by atoms with Gasteiger partial charge in [0.2, 0.25) is 11.6 Å². The summed E-state index contributed by atoms with van der Waals surface area (Å²) < 4.78 is 11.1. The van der Waals surface area contributed by atoms with Gasteiger partial charge in [0.05, 0.1) is 18.2 Å². The van der Waals surface area contributed by atoms with Gasteiger partial charge in [0, 0.05) is 23.3 Å². The number of aromatic nitrogens is 5. The third-order valence-corrected chi connectivity index (χ3v) is 4.39. The van der Waals surface area contributed by atoms with Crippen LogP contribution in [-0.4, -0.2) is 49.5 Å². The number of non-ortho nitro benzene ring substituents is 1. The Kier molecular flexibility index (Phi) is 5.71. The lowest BCUT2D eigenvalue weighted by molar-refractivity contribution is -0.384. The smallest absolute Gasteiger partial charge is 0.294 e. The van der Waals surface area contributed by atoms with E-state index in [1.54, 1.807) is 30.3 Å². The number of carbonyl (C=O) groups is 1. The van der Waals surface area contributed by atoms with Gasteiger partial charge < -0.3 is 10.5 Å². The average molecular weight is 449 g/mol. The molecule has 2 heterocycles. The number of nitro groups is 1. The highest BCUT2D eigenvalue weighted by atomic mass is 16.6. The number of nitro benzene ring substituents is 1. The second-order valence-electron chi connectivity index (χ2n) is 6.45. The van der Waals surface area contributed by atoms with Gasteiger partial charge in [-0.15, -0.1) is 5.10 Å². The van der Waals surface area contributed by atoms with Crippen molar-refractivity contribution >= 4 is 23.6 Å². The van der Waals surface area contributed by atoms with Gasteiger partial charge in [-0.3, -0.25) is 14.9 Å². The van der Waals surface area contributed by atoms with Crippen molar-refractivity contribution in [3.05, 3.63) is 69.9 Å². The lowest BCUT2D eigenvalue weighted by atomic mass is 10.1. The predicted molar refractivity (Wildman–Crippen MR) is 114 cm³/mol. The topological polar surface area (TPSA) is 189 Å². The number of nitrogens with two attached hydrogens (primary N) is 1. The molecule has 14 nitrogen and oxygen atoms in total. The van der Waals surface area contributed by atoms with Crippen LogP contribution >= 0.6 is 0 Å². The van der Waals surface area contributed by atoms with Gasteiger partial charge in [-0.05, 0) is 22.4 Å². The quantitative estimate of drug-likeness (QED) is 0.238. The van der Waals surface area contributed by atoms with Crippen LogP contribution in [0.4, 0.5) is 11.5 Å². The molecule has 0 unspecified atom stereocenters. The van der Waals surface area contributed by atoms with Crippen LogP contribution in [0.15, 0.2) is 58.3 Å². The SMILES string of the molecule is COc1cccc(-c2c(C(=O)NN=Cc3cccc([N+](=O)[O-])c3)nnn2-c2nonc2N)c1. The van der Waals surface area contributed by atoms with Crippen LogP contribution < -0.4 is 15.9 Å². The Morgan fingerprint density at radius 3 is 2.82 bits per heavy atom. The van der Waals surface area contributed by atoms with Crippen LogP contribution in [0.3, 0.4) is 0 Å². The molecule has 2 aromatic heterocycles. The number of amides is 1. The summed E-state index contributed by atoms with van der Waals surface area (Å²) >= 11 is 0. The first-order valence-corrected chi connectivity index (χ1v) is 9.24. The Balaban J connectivity index is 1.68. The molecule has 4 rings (SSSR count). The number of hydrazone groups is 1. The molecule has 166 valence electrons. The highest BCUT2D eigenvalue weighted by Gasteiger charge is 2.25. The Hall–Kier alpha value is -5.14. The lowest BCUT2D eigenvalue weighted by Crippen LogP contribution is -2.19. The number of ether oxygens (including phenoxy) is 1. The van der Waals surface area contributed by atoms with Crippen molar-refractivity contribution in [2.75, 3.05) is 12.8 Å². The number of anilines is 1. The van der Waals surface area contributed by atoms with Crippen molar-refractivity contribution in [1.29, 1.82) is 0 Å². The minimum atomic E-state index is -0.698. The molecule has 4 aromatic rings. The Labute approximate surface area is 184 Å². The van der Waals surface area contributed by atoms with E-state index in [2.05, 4.69) is 35.8 Å². The van der Waals surface area contributed by atoms with Gasteiger partial charge in [0.1, 0.15) is 11.4 Å². The van der Waals surface area contributed by atoms with E-state index in [0.29, 0.717) is 16.9 Å². The highest BCUT2D eigenvalue weighted by molar-refractivity contribution is 5.99. The number of nitrogens with zero attached hydrogens (tertiary/aromatic N) is 7. The second-order valence-corrected chi connectivity index (χ2v) is 6.45. The normalized spacial score (nSPS) is 10.9. The van der Waals surface area contributed by atoms with Crippen LogP contribution in [-0.2, 0) is 0 Å². The number of nitrogen functional groups attached to an aromatic ring is 1. The molecule has 0 radical (unpaired) electrons. The van der Waals surface area contributed by atoms with E-state index in [1.165, 1.54) is 36.2 Å². The zero-order chi connectivity index (χ0) is 23.4. The molecule has 0 aliphatic rings. The minimum absolute atomic E-state index is 0.0412. The van der Waals surface area contributed by atoms with Crippen molar-refractivity contribution in [3.8, 4) is 22.8 Å². The Morgan fingerprint density at radius 2 is 2.09 bits per heavy atom. The van der Waals surface area contributed by atoms with E-state index in [9.17, 15) is 14.9 Å². The third-order valence-electron chi connectivity index (χ3n) is 4.39. The van der Waals surface area contributed by atoms with Crippen LogP contribution in [0.2, 0.25) is 0 Å². The summed E-state index contributed by atoms with van der Waals surface area (Å²) in [6.07, 6.45) is 1.26. The van der Waals surface area contributed by atoms with Crippen LogP contribution in [0.25, 0.3) is 17.1 Å². The average Bonchev–Trinajstić information content (AvgIpc) is 3.45. The molecule has 33 heavy (non-hydrogen) atoms. The molecular weight excluding hydrogens is 434 g/mol. The molecule has 1 amide bonds. The van der Waals surface area contributed by atoms with Crippen molar-refractivity contribution in [2.45, 2.75) is 0 Å². The molecular formula is C19H15N9O5. The van der Waals surface area contributed by atoms with Gasteiger partial charge >= 0.3 is 0 Å². The van der Waals surface area contributed by atoms with E-state index in [4.69, 9.17) is 10.5 Å². The number of hydrogen-bond acceptors (Lipinski definition) is 11. The van der Waals surface area contributed by atoms with Crippen molar-refractivity contribution in [2.24, 2.45) is 5.10 Å². The first kappa shape index (κ1) is 21.1. The fraction of sp³-hybridized carbons (Fsp3) is 0.0526. The molecule has 0 spiro atoms. The first-order valence-electron chi connectivity index (χ1n) is 9.24. The van der Waals surface area contributed by atoms with Crippen molar-refractivity contribution in [3.63, 3.8) is 0 Å². The summed E-state index contributed by atoms with van der Waals surface area (Å²) in [4.78, 5) is 23.2. The lowest BCUT2D eigenvalue weighted by Gasteiger charge is -2.07. The summed E-state index contributed by atoms with van der Waals surface area (Å²) in [6.45, 7) is 0. The van der Waals surface area contributed by atoms with E-state index < -0.39 is 10.8 Å². The van der Waals surface area contributed by atoms with Crippen LogP contribution in [0, 0.1) is 10.1 Å². The number of carbonyl (C=O) groups excluding carboxylic acids is 1. The monoisotopic (exact) mass is 449 g/mol. The van der Waals surface area contributed by atoms with E-state index in [0.717, 1.165) is 0 Å². The van der Waals surface area contributed by atoms with E-state index in [-0.39, 0.29) is 28.7 Å². The fourth-order valence-electron chi connectivity index (χ4n) is 2.89. The Morgan fingerprint density at radius 1 is 1.27 bits per heavy atom. The minimum Gasteiger partial charge on any atom is -0.497 e. The number of hydrogen-bond donors (Lipinski definition) is 2. The highest BCUT2D eigenvalue weighted by Crippen LogP contribution is 2.29. The number of nitrogens with one attached hydrogen (secondary N) is 1. The fourth-order valence-corrected chi connectivity index (χ4v) is 2.89. The zero-order valence-corrected chi connectivity index (χ0v) is 16.9. The molecule has 0 fully saturated rings. The third kappa shape index (κ3) is 4.34. The van der Waals surface area contributed by atoms with E-state index >= 15 is 0 Å². The van der Waals surface area contributed by atoms with Gasteiger partial charge in [0.25, 0.3) is 11.6 Å². The van der Waals surface area contributed by atoms with Gasteiger partial charge in [0.15, 0.2) is 5.69 Å². The predicted octanol–water partition coefficient (Wildman–Crippen LogP) is 1.58. The molecule has 3 N–H and O–H groups in total. The van der Waals surface area contributed by atoms with Gasteiger partial charge in [-0.25, -0.2) is 10.1 Å². The molecule has 0 atom stereocenters. The molecule has 14 heteroatoms. The zero-order valence-electron chi connectivity index (χ0n) is 16.9. The second kappa shape index (κ2) is 8.93. The summed E-state index contributed by atoms with van der Waals surface area (Å²) in [7, 11) is 1.50. The first-order chi connectivity index (χ1) is 16.0. The largest absolute Gasteiger partial charge is 0.497 e. The molecule has 2 aromatic carbocycles. The molecule has 0 saturated heterocycles. The van der Waals surface area contributed by atoms with Gasteiger partial charge in [-0.2, -0.15) is 9.78 Å². The summed E-state index contributed by atoms with van der Waals surface area (Å²) in [5, 5.41) is 29.9. The number of benzene rings is 2. The maximum Gasteiger partial charge on any atom is 0.294 e. The molecule has 0 aliphatic carbocycles. The Bertz CT molecular complexity index is 1360. The summed E-state index contributed by atoms with van der Waals surface area (Å²) in [6, 6.07) is 12.6. The molecule has 0 aliphatic heterocycles. The van der Waals surface area contributed by atoms with Gasteiger partial charge in [-0.1, -0.05) is 29.5 Å². The van der Waals surface area contributed by atoms with Crippen molar-refractivity contribution in [1.82, 2.24) is 30.7 Å².